The lowest BCUT2D eigenvalue weighted by Crippen LogP contribution is -2.22. The van der Waals surface area contributed by atoms with Crippen LogP contribution in [0.4, 0.5) is 0 Å². The minimum atomic E-state index is -0.0402. The fourth-order valence-corrected chi connectivity index (χ4v) is 2.11. The van der Waals surface area contributed by atoms with Gasteiger partial charge in [0.05, 0.1) is 5.92 Å². The summed E-state index contributed by atoms with van der Waals surface area (Å²) >= 11 is 0. The fourth-order valence-electron chi connectivity index (χ4n) is 2.11. The molecule has 6 heteroatoms. The molecule has 0 radical (unpaired) electrons. The molecule has 2 N–H and O–H groups in total. The van der Waals surface area contributed by atoms with E-state index in [-0.39, 0.29) is 12.0 Å². The molecule has 0 bridgehead atoms. The van der Waals surface area contributed by atoms with Gasteiger partial charge >= 0.3 is 0 Å². The van der Waals surface area contributed by atoms with Crippen molar-refractivity contribution >= 4 is 0 Å². The second-order valence-electron chi connectivity index (χ2n) is 5.78. The Kier molecular flexibility index (Phi) is 4.86. The van der Waals surface area contributed by atoms with E-state index in [0.29, 0.717) is 18.3 Å². The molecule has 0 aliphatic carbocycles. The van der Waals surface area contributed by atoms with Crippen LogP contribution in [0.3, 0.4) is 0 Å². The van der Waals surface area contributed by atoms with Crippen LogP contribution >= 0.6 is 0 Å². The van der Waals surface area contributed by atoms with Gasteiger partial charge in [0.2, 0.25) is 11.7 Å². The van der Waals surface area contributed by atoms with Crippen LogP contribution in [-0.4, -0.2) is 21.2 Å². The van der Waals surface area contributed by atoms with Gasteiger partial charge in [-0.05, 0) is 37.3 Å². The van der Waals surface area contributed by atoms with E-state index in [4.69, 9.17) is 15.0 Å². The minimum Gasteiger partial charge on any atom is -0.489 e. The highest BCUT2D eigenvalue weighted by Gasteiger charge is 2.18. The van der Waals surface area contributed by atoms with Crippen LogP contribution in [0.15, 0.2) is 53.3 Å². The van der Waals surface area contributed by atoms with Gasteiger partial charge in [0.1, 0.15) is 12.4 Å². The largest absolute Gasteiger partial charge is 0.489 e. The molecule has 0 saturated heterocycles. The van der Waals surface area contributed by atoms with Gasteiger partial charge in [-0.2, -0.15) is 4.98 Å². The Morgan fingerprint density at radius 3 is 2.62 bits per heavy atom. The zero-order valence-corrected chi connectivity index (χ0v) is 13.7. The monoisotopic (exact) mass is 324 g/mol. The highest BCUT2D eigenvalue weighted by atomic mass is 16.5. The van der Waals surface area contributed by atoms with Crippen LogP contribution in [0.25, 0.3) is 11.4 Å². The van der Waals surface area contributed by atoms with Crippen molar-refractivity contribution in [1.29, 1.82) is 0 Å². The Bertz CT molecular complexity index is 769. The quantitative estimate of drug-likeness (QED) is 0.749. The molecule has 6 nitrogen and oxygen atoms in total. The molecule has 0 aliphatic heterocycles. The number of pyridine rings is 1. The Hall–Kier alpha value is -2.73. The molecular weight excluding hydrogens is 304 g/mol. The van der Waals surface area contributed by atoms with Crippen molar-refractivity contribution in [3.8, 4) is 17.1 Å². The van der Waals surface area contributed by atoms with E-state index in [1.54, 1.807) is 12.4 Å². The molecule has 2 atom stereocenters. The standard InChI is InChI=1S/C18H20N4O2/c1-12(13(2)19)18-21-17(22-24-18)15-5-7-16(8-6-15)23-11-14-4-3-9-20-10-14/h3-10,12-13H,11,19H2,1-2H3. The molecule has 24 heavy (non-hydrogen) atoms. The molecule has 3 rings (SSSR count). The average molecular weight is 324 g/mol. The first-order valence-corrected chi connectivity index (χ1v) is 7.85. The molecule has 2 aromatic heterocycles. The van der Waals surface area contributed by atoms with Gasteiger partial charge in [-0.15, -0.1) is 0 Å². The van der Waals surface area contributed by atoms with Crippen molar-refractivity contribution in [2.75, 3.05) is 0 Å². The summed E-state index contributed by atoms with van der Waals surface area (Å²) in [4.78, 5) is 8.48. The van der Waals surface area contributed by atoms with E-state index < -0.39 is 0 Å². The molecule has 2 unspecified atom stereocenters. The first-order valence-electron chi connectivity index (χ1n) is 7.85. The fraction of sp³-hybridized carbons (Fsp3) is 0.278. The second kappa shape index (κ2) is 7.23. The number of ether oxygens (including phenoxy) is 1. The summed E-state index contributed by atoms with van der Waals surface area (Å²) in [6.07, 6.45) is 3.53. The normalized spacial score (nSPS) is 13.5. The molecule has 1 aromatic carbocycles. The Labute approximate surface area is 140 Å². The maximum absolute atomic E-state index is 5.87. The van der Waals surface area contributed by atoms with Crippen molar-refractivity contribution in [3.05, 3.63) is 60.2 Å². The first-order chi connectivity index (χ1) is 11.6. The van der Waals surface area contributed by atoms with Crippen LogP contribution in [-0.2, 0) is 6.61 Å². The van der Waals surface area contributed by atoms with Crippen LogP contribution in [0, 0.1) is 0 Å². The van der Waals surface area contributed by atoms with Gasteiger partial charge < -0.3 is 15.0 Å². The number of nitrogens with two attached hydrogens (primary N) is 1. The topological polar surface area (TPSA) is 87.1 Å². The Morgan fingerprint density at radius 2 is 1.96 bits per heavy atom. The number of nitrogens with zero attached hydrogens (tertiary/aromatic N) is 3. The molecule has 0 fully saturated rings. The van der Waals surface area contributed by atoms with E-state index in [0.717, 1.165) is 16.9 Å². The van der Waals surface area contributed by atoms with E-state index in [2.05, 4.69) is 15.1 Å². The third-order valence-electron chi connectivity index (χ3n) is 3.86. The summed E-state index contributed by atoms with van der Waals surface area (Å²) in [6, 6.07) is 11.4. The average Bonchev–Trinajstić information content (AvgIpc) is 3.10. The van der Waals surface area contributed by atoms with Crippen molar-refractivity contribution in [2.45, 2.75) is 32.4 Å². The summed E-state index contributed by atoms with van der Waals surface area (Å²) in [5.41, 5.74) is 7.76. The molecule has 0 spiro atoms. The zero-order chi connectivity index (χ0) is 16.9. The third kappa shape index (κ3) is 3.78. The molecule has 2 heterocycles. The van der Waals surface area contributed by atoms with Gasteiger partial charge in [-0.1, -0.05) is 18.1 Å². The number of benzene rings is 1. The smallest absolute Gasteiger partial charge is 0.231 e. The van der Waals surface area contributed by atoms with Crippen LogP contribution < -0.4 is 10.5 Å². The Balaban J connectivity index is 1.66. The molecular formula is C18H20N4O2. The van der Waals surface area contributed by atoms with Crippen LogP contribution in [0.5, 0.6) is 5.75 Å². The second-order valence-corrected chi connectivity index (χ2v) is 5.78. The number of hydrogen-bond donors (Lipinski definition) is 1. The lowest BCUT2D eigenvalue weighted by atomic mass is 10.1. The molecule has 3 aromatic rings. The predicted molar refractivity (Wildman–Crippen MR) is 90.4 cm³/mol. The predicted octanol–water partition coefficient (Wildman–Crippen LogP) is 3.16. The van der Waals surface area contributed by atoms with Crippen molar-refractivity contribution in [3.63, 3.8) is 0 Å². The maximum Gasteiger partial charge on any atom is 0.231 e. The summed E-state index contributed by atoms with van der Waals surface area (Å²) < 4.78 is 11.0. The minimum absolute atomic E-state index is 0.0216. The summed E-state index contributed by atoms with van der Waals surface area (Å²) in [6.45, 7) is 4.37. The van der Waals surface area contributed by atoms with Gasteiger partial charge in [0.25, 0.3) is 0 Å². The highest BCUT2D eigenvalue weighted by Crippen LogP contribution is 2.23. The zero-order valence-electron chi connectivity index (χ0n) is 13.7. The lowest BCUT2D eigenvalue weighted by Gasteiger charge is -2.09. The van der Waals surface area contributed by atoms with Crippen LogP contribution in [0.1, 0.15) is 31.2 Å². The van der Waals surface area contributed by atoms with Gasteiger partial charge in [0, 0.05) is 29.6 Å². The van der Waals surface area contributed by atoms with Gasteiger partial charge in [-0.3, -0.25) is 4.98 Å². The first kappa shape index (κ1) is 16.1. The summed E-state index contributed by atoms with van der Waals surface area (Å²) in [5, 5.41) is 4.02. The molecule has 124 valence electrons. The number of aromatic nitrogens is 3. The number of hydrogen-bond acceptors (Lipinski definition) is 6. The molecule has 0 aliphatic rings. The highest BCUT2D eigenvalue weighted by molar-refractivity contribution is 5.55. The molecule has 0 amide bonds. The van der Waals surface area contributed by atoms with E-state index in [9.17, 15) is 0 Å². The Morgan fingerprint density at radius 1 is 1.17 bits per heavy atom. The van der Waals surface area contributed by atoms with Crippen molar-refractivity contribution in [1.82, 2.24) is 15.1 Å². The molecule has 0 saturated carbocycles. The van der Waals surface area contributed by atoms with Crippen LogP contribution in [0.2, 0.25) is 0 Å². The maximum atomic E-state index is 5.87. The summed E-state index contributed by atoms with van der Waals surface area (Å²) in [7, 11) is 0. The SMILES string of the molecule is CC(N)C(C)c1nc(-c2ccc(OCc3cccnc3)cc2)no1. The lowest BCUT2D eigenvalue weighted by molar-refractivity contribution is 0.306. The van der Waals surface area contributed by atoms with E-state index in [1.165, 1.54) is 0 Å². The third-order valence-corrected chi connectivity index (χ3v) is 3.86. The van der Waals surface area contributed by atoms with Gasteiger partial charge in [0.15, 0.2) is 0 Å². The van der Waals surface area contributed by atoms with Gasteiger partial charge in [-0.25, -0.2) is 0 Å². The van der Waals surface area contributed by atoms with E-state index in [1.807, 2.05) is 50.2 Å². The van der Waals surface area contributed by atoms with Crippen molar-refractivity contribution in [2.24, 2.45) is 5.73 Å². The van der Waals surface area contributed by atoms with Crippen molar-refractivity contribution < 1.29 is 9.26 Å². The number of rotatable bonds is 6. The van der Waals surface area contributed by atoms with E-state index >= 15 is 0 Å². The summed E-state index contributed by atoms with van der Waals surface area (Å²) in [5.74, 6) is 1.90.